The van der Waals surface area contributed by atoms with Crippen LogP contribution in [0.4, 0.5) is 5.00 Å². The van der Waals surface area contributed by atoms with Gasteiger partial charge in [-0.2, -0.15) is 0 Å². The molecule has 0 atom stereocenters. The quantitative estimate of drug-likeness (QED) is 0.627. The van der Waals surface area contributed by atoms with Crippen LogP contribution in [0.15, 0.2) is 30.3 Å². The number of amides is 1. The van der Waals surface area contributed by atoms with Crippen molar-refractivity contribution in [1.82, 2.24) is 0 Å². The van der Waals surface area contributed by atoms with E-state index in [1.165, 1.54) is 24.3 Å². The van der Waals surface area contributed by atoms with Crippen LogP contribution in [0, 0.1) is 0 Å². The number of carbonyl (C=O) groups excluding carboxylic acids is 3. The Bertz CT molecular complexity index is 797. The van der Waals surface area contributed by atoms with Crippen molar-refractivity contribution in [2.75, 3.05) is 11.9 Å². The fourth-order valence-corrected chi connectivity index (χ4v) is 3.09. The molecule has 6 nitrogen and oxygen atoms in total. The van der Waals surface area contributed by atoms with Gasteiger partial charge in [-0.05, 0) is 37.6 Å². The molecular weight excluding hydrogens is 342 g/mol. The predicted octanol–water partition coefficient (Wildman–Crippen LogP) is 3.66. The van der Waals surface area contributed by atoms with Gasteiger partial charge in [0.2, 0.25) is 0 Å². The maximum Gasteiger partial charge on any atom is 0.341 e. The minimum atomic E-state index is -0.470. The van der Waals surface area contributed by atoms with Crippen LogP contribution in [0.3, 0.4) is 0 Å². The van der Waals surface area contributed by atoms with Crippen molar-refractivity contribution >= 4 is 34.2 Å². The van der Waals surface area contributed by atoms with E-state index in [1.807, 2.05) is 6.92 Å². The summed E-state index contributed by atoms with van der Waals surface area (Å²) >= 11 is 1.33. The number of benzene rings is 1. The summed E-state index contributed by atoms with van der Waals surface area (Å²) in [5, 5.41) is 3.18. The summed E-state index contributed by atoms with van der Waals surface area (Å²) in [4.78, 5) is 36.5. The summed E-state index contributed by atoms with van der Waals surface area (Å²) in [5.41, 5.74) is 0.660. The van der Waals surface area contributed by atoms with E-state index >= 15 is 0 Å². The maximum atomic E-state index is 12.5. The summed E-state index contributed by atoms with van der Waals surface area (Å²) in [6.07, 6.45) is 0.745. The van der Waals surface area contributed by atoms with Crippen molar-refractivity contribution in [1.29, 1.82) is 0 Å². The van der Waals surface area contributed by atoms with Crippen LogP contribution >= 0.6 is 11.3 Å². The first-order valence-electron chi connectivity index (χ1n) is 7.84. The average Bonchev–Trinajstić information content (AvgIpc) is 2.98. The van der Waals surface area contributed by atoms with E-state index in [1.54, 1.807) is 31.2 Å². The number of esters is 2. The van der Waals surface area contributed by atoms with Gasteiger partial charge in [-0.1, -0.05) is 13.0 Å². The van der Waals surface area contributed by atoms with Gasteiger partial charge in [0.05, 0.1) is 12.2 Å². The molecule has 25 heavy (non-hydrogen) atoms. The normalized spacial score (nSPS) is 10.2. The third-order valence-corrected chi connectivity index (χ3v) is 4.41. The zero-order chi connectivity index (χ0) is 18.4. The molecule has 1 aromatic carbocycles. The largest absolute Gasteiger partial charge is 0.462 e. The van der Waals surface area contributed by atoms with Crippen molar-refractivity contribution in [2.24, 2.45) is 0 Å². The second-order valence-electron chi connectivity index (χ2n) is 5.11. The Labute approximate surface area is 149 Å². The van der Waals surface area contributed by atoms with Gasteiger partial charge in [0, 0.05) is 17.4 Å². The number of nitrogens with one attached hydrogen (secondary N) is 1. The van der Waals surface area contributed by atoms with Crippen LogP contribution in [-0.4, -0.2) is 24.5 Å². The Morgan fingerprint density at radius 3 is 2.56 bits per heavy atom. The Hall–Kier alpha value is -2.67. The molecule has 0 bridgehead atoms. The van der Waals surface area contributed by atoms with Gasteiger partial charge in [0.25, 0.3) is 5.91 Å². The summed E-state index contributed by atoms with van der Waals surface area (Å²) in [6, 6.07) is 8.00. The van der Waals surface area contributed by atoms with Crippen LogP contribution in [0.5, 0.6) is 5.75 Å². The van der Waals surface area contributed by atoms with E-state index in [4.69, 9.17) is 9.47 Å². The van der Waals surface area contributed by atoms with Crippen LogP contribution in [0.25, 0.3) is 0 Å². The van der Waals surface area contributed by atoms with Crippen molar-refractivity contribution in [2.45, 2.75) is 27.2 Å². The third-order valence-electron chi connectivity index (χ3n) is 3.21. The van der Waals surface area contributed by atoms with Crippen molar-refractivity contribution in [3.8, 4) is 5.75 Å². The lowest BCUT2D eigenvalue weighted by Gasteiger charge is -2.07. The molecule has 0 saturated carbocycles. The number of hydrogen-bond donors (Lipinski definition) is 1. The number of thiophene rings is 1. The molecule has 0 saturated heterocycles. The highest BCUT2D eigenvalue weighted by atomic mass is 32.1. The van der Waals surface area contributed by atoms with Crippen LogP contribution in [0.2, 0.25) is 0 Å². The fourth-order valence-electron chi connectivity index (χ4n) is 2.11. The maximum absolute atomic E-state index is 12.5. The molecule has 0 spiro atoms. The lowest BCUT2D eigenvalue weighted by molar-refractivity contribution is -0.131. The molecule has 2 aromatic rings. The molecular formula is C18H19NO5S. The van der Waals surface area contributed by atoms with E-state index in [0.29, 0.717) is 16.1 Å². The molecule has 1 N–H and O–H groups in total. The predicted molar refractivity (Wildman–Crippen MR) is 95.4 cm³/mol. The molecule has 0 aliphatic rings. The van der Waals surface area contributed by atoms with Gasteiger partial charge in [0.1, 0.15) is 10.8 Å². The highest BCUT2D eigenvalue weighted by Crippen LogP contribution is 2.30. The van der Waals surface area contributed by atoms with E-state index < -0.39 is 17.8 Å². The van der Waals surface area contributed by atoms with Gasteiger partial charge in [-0.25, -0.2) is 4.79 Å². The lowest BCUT2D eigenvalue weighted by atomic mass is 10.2. The molecule has 1 heterocycles. The minimum Gasteiger partial charge on any atom is -0.462 e. The van der Waals surface area contributed by atoms with Crippen molar-refractivity contribution in [3.63, 3.8) is 0 Å². The van der Waals surface area contributed by atoms with Gasteiger partial charge < -0.3 is 14.8 Å². The molecule has 0 fully saturated rings. The number of anilines is 1. The van der Waals surface area contributed by atoms with Gasteiger partial charge >= 0.3 is 11.9 Å². The zero-order valence-electron chi connectivity index (χ0n) is 14.3. The summed E-state index contributed by atoms with van der Waals surface area (Å²) < 4.78 is 10.0. The molecule has 7 heteroatoms. The molecule has 1 aromatic heterocycles. The zero-order valence-corrected chi connectivity index (χ0v) is 15.1. The fraction of sp³-hybridized carbons (Fsp3) is 0.278. The second-order valence-corrected chi connectivity index (χ2v) is 6.24. The van der Waals surface area contributed by atoms with Crippen molar-refractivity contribution in [3.05, 3.63) is 46.3 Å². The van der Waals surface area contributed by atoms with Gasteiger partial charge in [0.15, 0.2) is 0 Å². The standard InChI is InChI=1S/C18H19NO5S/c1-4-14-10-15(18(22)23-5-2)17(25-14)19-16(21)12-7-6-8-13(9-12)24-11(3)20/h6-10H,4-5H2,1-3H3,(H,19,21). The number of hydrogen-bond acceptors (Lipinski definition) is 6. The van der Waals surface area contributed by atoms with E-state index in [0.717, 1.165) is 11.3 Å². The van der Waals surface area contributed by atoms with Gasteiger partial charge in [-0.3, -0.25) is 9.59 Å². The summed E-state index contributed by atoms with van der Waals surface area (Å²) in [6.45, 7) is 5.24. The Balaban J connectivity index is 2.24. The molecule has 0 unspecified atom stereocenters. The molecule has 1 amide bonds. The smallest absolute Gasteiger partial charge is 0.341 e. The van der Waals surface area contributed by atoms with E-state index in [2.05, 4.69) is 5.32 Å². The van der Waals surface area contributed by atoms with Crippen molar-refractivity contribution < 1.29 is 23.9 Å². The minimum absolute atomic E-state index is 0.258. The lowest BCUT2D eigenvalue weighted by Crippen LogP contribution is -2.14. The number of carbonyl (C=O) groups is 3. The SMILES string of the molecule is CCOC(=O)c1cc(CC)sc1NC(=O)c1cccc(OC(C)=O)c1. The third kappa shape index (κ3) is 4.90. The summed E-state index contributed by atoms with van der Waals surface area (Å²) in [5.74, 6) is -1.05. The second kappa shape index (κ2) is 8.43. The Kier molecular flexibility index (Phi) is 6.30. The molecule has 0 aliphatic heterocycles. The van der Waals surface area contributed by atoms with E-state index in [9.17, 15) is 14.4 Å². The number of ether oxygens (including phenoxy) is 2. The Morgan fingerprint density at radius 1 is 1.16 bits per heavy atom. The topological polar surface area (TPSA) is 81.7 Å². The van der Waals surface area contributed by atoms with Crippen LogP contribution in [-0.2, 0) is 16.0 Å². The highest BCUT2D eigenvalue weighted by Gasteiger charge is 2.19. The van der Waals surface area contributed by atoms with Crippen LogP contribution < -0.4 is 10.1 Å². The number of rotatable bonds is 6. The monoisotopic (exact) mass is 361 g/mol. The molecule has 2 rings (SSSR count). The molecule has 0 aliphatic carbocycles. The molecule has 132 valence electrons. The molecule has 0 radical (unpaired) electrons. The highest BCUT2D eigenvalue weighted by molar-refractivity contribution is 7.16. The first-order chi connectivity index (χ1) is 11.9. The first kappa shape index (κ1) is 18.7. The summed E-state index contributed by atoms with van der Waals surface area (Å²) in [7, 11) is 0. The van der Waals surface area contributed by atoms with Crippen LogP contribution in [0.1, 0.15) is 46.4 Å². The van der Waals surface area contributed by atoms with Gasteiger partial charge in [-0.15, -0.1) is 11.3 Å². The first-order valence-corrected chi connectivity index (χ1v) is 8.65. The number of aryl methyl sites for hydroxylation is 1. The van der Waals surface area contributed by atoms with E-state index in [-0.39, 0.29) is 12.4 Å². The Morgan fingerprint density at radius 2 is 1.92 bits per heavy atom. The average molecular weight is 361 g/mol.